The van der Waals surface area contributed by atoms with Crippen molar-refractivity contribution in [2.75, 3.05) is 18.4 Å². The number of carbonyl (C=O) groups is 1. The number of hydrogen-bond donors (Lipinski definition) is 2. The Morgan fingerprint density at radius 2 is 2.21 bits per heavy atom. The number of nitrogens with one attached hydrogen (secondary N) is 1. The van der Waals surface area contributed by atoms with Gasteiger partial charge in [-0.2, -0.15) is 0 Å². The van der Waals surface area contributed by atoms with Gasteiger partial charge in [-0.1, -0.05) is 22.0 Å². The minimum Gasteiger partial charge on any atom is -0.481 e. The molecule has 1 aromatic carbocycles. The number of benzene rings is 1. The third-order valence-electron chi connectivity index (χ3n) is 5.20. The van der Waals surface area contributed by atoms with Gasteiger partial charge in [0, 0.05) is 41.0 Å². The van der Waals surface area contributed by atoms with Crippen molar-refractivity contribution in [3.63, 3.8) is 0 Å². The van der Waals surface area contributed by atoms with Crippen molar-refractivity contribution in [3.8, 4) is 0 Å². The van der Waals surface area contributed by atoms with Crippen LogP contribution < -0.4 is 5.32 Å². The van der Waals surface area contributed by atoms with Crippen LogP contribution in [0.4, 0.5) is 11.5 Å². The molecule has 28 heavy (non-hydrogen) atoms. The molecule has 0 unspecified atom stereocenters. The van der Waals surface area contributed by atoms with Gasteiger partial charge in [-0.3, -0.25) is 14.7 Å². The van der Waals surface area contributed by atoms with Gasteiger partial charge in [0.05, 0.1) is 5.92 Å². The molecular formula is C21H21BrN4O2. The molecule has 0 radical (unpaired) electrons. The van der Waals surface area contributed by atoms with Crippen LogP contribution >= 0.6 is 15.9 Å². The standard InChI is InChI=1S/C21H21BrN4O2/c1-13-17(22)3-2-4-18(13)25-20-19-15(5-7-23-20)9-14(10-24-19)11-26-8-6-16(12-26)21(27)28/h2-5,7,9-10,16H,6,8,11-12H2,1H3,(H,23,25)(H,27,28)/t16-/m1/s1. The van der Waals surface area contributed by atoms with E-state index in [1.807, 2.05) is 37.4 Å². The lowest BCUT2D eigenvalue weighted by Gasteiger charge is -2.16. The number of fused-ring (bicyclic) bond motifs is 1. The molecule has 4 rings (SSSR count). The second-order valence-electron chi connectivity index (χ2n) is 7.17. The topological polar surface area (TPSA) is 78.4 Å². The maximum absolute atomic E-state index is 11.2. The van der Waals surface area contributed by atoms with Gasteiger partial charge in [0.1, 0.15) is 5.52 Å². The molecule has 0 amide bonds. The zero-order valence-electron chi connectivity index (χ0n) is 15.5. The van der Waals surface area contributed by atoms with E-state index in [1.54, 1.807) is 6.20 Å². The summed E-state index contributed by atoms with van der Waals surface area (Å²) < 4.78 is 1.04. The van der Waals surface area contributed by atoms with Crippen molar-refractivity contribution in [2.45, 2.75) is 19.9 Å². The molecule has 1 aliphatic rings. The number of aliphatic carboxylic acids is 1. The summed E-state index contributed by atoms with van der Waals surface area (Å²) >= 11 is 3.56. The van der Waals surface area contributed by atoms with Gasteiger partial charge in [-0.25, -0.2) is 4.98 Å². The first-order valence-electron chi connectivity index (χ1n) is 9.22. The maximum Gasteiger partial charge on any atom is 0.307 e. The SMILES string of the molecule is Cc1c(Br)cccc1Nc1nccc2cc(CN3CC[C@@H](C(=O)O)C3)cnc12. The lowest BCUT2D eigenvalue weighted by atomic mass is 10.1. The number of halogens is 1. The Balaban J connectivity index is 1.56. The molecule has 2 N–H and O–H groups in total. The van der Waals surface area contributed by atoms with E-state index in [0.29, 0.717) is 19.5 Å². The molecule has 0 aliphatic carbocycles. The predicted molar refractivity (Wildman–Crippen MR) is 113 cm³/mol. The Labute approximate surface area is 171 Å². The highest BCUT2D eigenvalue weighted by Gasteiger charge is 2.27. The second-order valence-corrected chi connectivity index (χ2v) is 8.03. The Hall–Kier alpha value is -2.51. The van der Waals surface area contributed by atoms with Crippen LogP contribution in [0.15, 0.2) is 47.2 Å². The van der Waals surface area contributed by atoms with Crippen molar-refractivity contribution < 1.29 is 9.90 Å². The van der Waals surface area contributed by atoms with Crippen molar-refractivity contribution in [2.24, 2.45) is 5.92 Å². The molecule has 1 atom stereocenters. The normalized spacial score (nSPS) is 17.1. The van der Waals surface area contributed by atoms with Gasteiger partial charge in [-0.05, 0) is 55.3 Å². The van der Waals surface area contributed by atoms with Crippen LogP contribution in [-0.4, -0.2) is 39.0 Å². The van der Waals surface area contributed by atoms with E-state index >= 15 is 0 Å². The van der Waals surface area contributed by atoms with E-state index in [0.717, 1.165) is 44.6 Å². The molecule has 6 nitrogen and oxygen atoms in total. The lowest BCUT2D eigenvalue weighted by molar-refractivity contribution is -0.141. The van der Waals surface area contributed by atoms with E-state index in [2.05, 4.69) is 42.2 Å². The molecule has 0 spiro atoms. The smallest absolute Gasteiger partial charge is 0.307 e. The largest absolute Gasteiger partial charge is 0.481 e. The molecule has 2 aromatic heterocycles. The lowest BCUT2D eigenvalue weighted by Crippen LogP contribution is -2.22. The number of pyridine rings is 2. The molecule has 1 aliphatic heterocycles. The number of carboxylic acids is 1. The van der Waals surface area contributed by atoms with Gasteiger partial charge >= 0.3 is 5.97 Å². The fourth-order valence-electron chi connectivity index (χ4n) is 3.59. The number of carboxylic acid groups (broad SMARTS) is 1. The van der Waals surface area contributed by atoms with E-state index in [9.17, 15) is 9.90 Å². The average molecular weight is 441 g/mol. The molecular weight excluding hydrogens is 420 g/mol. The van der Waals surface area contributed by atoms with Gasteiger partial charge in [0.15, 0.2) is 5.82 Å². The number of likely N-dealkylation sites (tertiary alicyclic amines) is 1. The van der Waals surface area contributed by atoms with Gasteiger partial charge in [0.2, 0.25) is 0 Å². The summed E-state index contributed by atoms with van der Waals surface area (Å²) in [7, 11) is 0. The summed E-state index contributed by atoms with van der Waals surface area (Å²) in [6.07, 6.45) is 4.34. The Kier molecular flexibility index (Phi) is 5.28. The monoisotopic (exact) mass is 440 g/mol. The number of rotatable bonds is 5. The van der Waals surface area contributed by atoms with Crippen LogP contribution in [0.25, 0.3) is 10.9 Å². The van der Waals surface area contributed by atoms with E-state index in [-0.39, 0.29) is 5.92 Å². The first-order valence-corrected chi connectivity index (χ1v) is 10.0. The zero-order chi connectivity index (χ0) is 19.7. The van der Waals surface area contributed by atoms with Gasteiger partial charge < -0.3 is 10.4 Å². The van der Waals surface area contributed by atoms with Crippen molar-refractivity contribution >= 4 is 44.3 Å². The summed E-state index contributed by atoms with van der Waals surface area (Å²) in [4.78, 5) is 22.4. The van der Waals surface area contributed by atoms with Crippen LogP contribution in [0.1, 0.15) is 17.5 Å². The van der Waals surface area contributed by atoms with Crippen LogP contribution in [-0.2, 0) is 11.3 Å². The second kappa shape index (κ2) is 7.85. The Morgan fingerprint density at radius 3 is 3.00 bits per heavy atom. The third-order valence-corrected chi connectivity index (χ3v) is 6.06. The van der Waals surface area contributed by atoms with Crippen LogP contribution in [0, 0.1) is 12.8 Å². The summed E-state index contributed by atoms with van der Waals surface area (Å²) in [5.41, 5.74) is 3.99. The van der Waals surface area contributed by atoms with E-state index in [1.165, 1.54) is 0 Å². The maximum atomic E-state index is 11.2. The van der Waals surface area contributed by atoms with Crippen LogP contribution in [0.3, 0.4) is 0 Å². The fourth-order valence-corrected chi connectivity index (χ4v) is 3.96. The highest BCUT2D eigenvalue weighted by molar-refractivity contribution is 9.10. The molecule has 0 saturated carbocycles. The third kappa shape index (κ3) is 3.86. The first-order chi connectivity index (χ1) is 13.5. The molecule has 3 aromatic rings. The Bertz CT molecular complexity index is 1040. The van der Waals surface area contributed by atoms with Gasteiger partial charge in [-0.15, -0.1) is 0 Å². The molecule has 1 saturated heterocycles. The first kappa shape index (κ1) is 18.8. The van der Waals surface area contributed by atoms with Crippen LogP contribution in [0.5, 0.6) is 0 Å². The van der Waals surface area contributed by atoms with Crippen LogP contribution in [0.2, 0.25) is 0 Å². The minimum absolute atomic E-state index is 0.262. The summed E-state index contributed by atoms with van der Waals surface area (Å²) in [5.74, 6) is -0.247. The number of hydrogen-bond acceptors (Lipinski definition) is 5. The summed E-state index contributed by atoms with van der Waals surface area (Å²) in [6, 6.07) is 10.1. The molecule has 7 heteroatoms. The minimum atomic E-state index is -0.705. The summed E-state index contributed by atoms with van der Waals surface area (Å²) in [6.45, 7) is 4.16. The molecule has 0 bridgehead atoms. The number of aromatic nitrogens is 2. The highest BCUT2D eigenvalue weighted by atomic mass is 79.9. The molecule has 144 valence electrons. The van der Waals surface area contributed by atoms with E-state index < -0.39 is 5.97 Å². The fraction of sp³-hybridized carbons (Fsp3) is 0.286. The van der Waals surface area contributed by atoms with E-state index in [4.69, 9.17) is 0 Å². The predicted octanol–water partition coefficient (Wildman–Crippen LogP) is 4.35. The summed E-state index contributed by atoms with van der Waals surface area (Å²) in [5, 5.41) is 13.6. The molecule has 3 heterocycles. The van der Waals surface area contributed by atoms with Crippen molar-refractivity contribution in [3.05, 3.63) is 58.3 Å². The highest BCUT2D eigenvalue weighted by Crippen LogP contribution is 2.29. The Morgan fingerprint density at radius 1 is 1.36 bits per heavy atom. The quantitative estimate of drug-likeness (QED) is 0.613. The molecule has 1 fully saturated rings. The van der Waals surface area contributed by atoms with Gasteiger partial charge in [0.25, 0.3) is 0 Å². The van der Waals surface area contributed by atoms with Crippen molar-refractivity contribution in [1.29, 1.82) is 0 Å². The number of nitrogens with zero attached hydrogens (tertiary/aromatic N) is 3. The average Bonchev–Trinajstić information content (AvgIpc) is 3.14. The number of anilines is 2. The zero-order valence-corrected chi connectivity index (χ0v) is 17.1. The van der Waals surface area contributed by atoms with Crippen molar-refractivity contribution in [1.82, 2.24) is 14.9 Å².